The average molecular weight is 421 g/mol. The van der Waals surface area contributed by atoms with E-state index in [2.05, 4.69) is 22.8 Å². The van der Waals surface area contributed by atoms with Gasteiger partial charge in [-0.3, -0.25) is 19.4 Å². The summed E-state index contributed by atoms with van der Waals surface area (Å²) in [7, 11) is 0. The molecule has 3 aliphatic rings. The van der Waals surface area contributed by atoms with Gasteiger partial charge in [0.15, 0.2) is 11.5 Å². The molecule has 0 spiro atoms. The molecule has 0 aliphatic carbocycles. The highest BCUT2D eigenvalue weighted by Crippen LogP contribution is 2.33. The zero-order valence-corrected chi connectivity index (χ0v) is 17.8. The Morgan fingerprint density at radius 2 is 1.61 bits per heavy atom. The summed E-state index contributed by atoms with van der Waals surface area (Å²) >= 11 is 0. The minimum Gasteiger partial charge on any atom is -0.454 e. The van der Waals surface area contributed by atoms with Crippen molar-refractivity contribution in [3.8, 4) is 11.5 Å². The van der Waals surface area contributed by atoms with E-state index in [1.165, 1.54) is 16.0 Å². The molecule has 0 radical (unpaired) electrons. The number of fused-ring (bicyclic) bond motifs is 1. The summed E-state index contributed by atoms with van der Waals surface area (Å²) in [6.45, 7) is 6.47. The number of piperazine rings is 1. The number of carbonyl (C=O) groups excluding carboxylic acids is 2. The van der Waals surface area contributed by atoms with Crippen LogP contribution in [-0.4, -0.2) is 60.6 Å². The van der Waals surface area contributed by atoms with E-state index in [4.69, 9.17) is 9.47 Å². The fraction of sp³-hybridized carbons (Fsp3) is 0.417. The van der Waals surface area contributed by atoms with Gasteiger partial charge in [-0.2, -0.15) is 0 Å². The lowest BCUT2D eigenvalue weighted by molar-refractivity contribution is -0.123. The van der Waals surface area contributed by atoms with E-state index in [9.17, 15) is 9.59 Å². The number of aryl methyl sites for hydroxylation is 1. The molecule has 3 aliphatic heterocycles. The number of amides is 2. The Kier molecular flexibility index (Phi) is 5.38. The predicted octanol–water partition coefficient (Wildman–Crippen LogP) is 2.43. The monoisotopic (exact) mass is 421 g/mol. The third-order valence-electron chi connectivity index (χ3n) is 6.42. The first-order valence-electron chi connectivity index (χ1n) is 10.9. The van der Waals surface area contributed by atoms with Crippen molar-refractivity contribution in [1.29, 1.82) is 0 Å². The molecule has 0 aromatic heterocycles. The second kappa shape index (κ2) is 8.32. The Labute approximate surface area is 182 Å². The third kappa shape index (κ3) is 3.91. The van der Waals surface area contributed by atoms with Crippen LogP contribution in [0.5, 0.6) is 11.5 Å². The Hall–Kier alpha value is -2.90. The van der Waals surface area contributed by atoms with Crippen molar-refractivity contribution in [2.45, 2.75) is 32.4 Å². The van der Waals surface area contributed by atoms with Gasteiger partial charge in [-0.05, 0) is 41.8 Å². The lowest BCUT2D eigenvalue weighted by Gasteiger charge is -2.37. The van der Waals surface area contributed by atoms with Crippen LogP contribution in [0.3, 0.4) is 0 Å². The molecular weight excluding hydrogens is 394 g/mol. The summed E-state index contributed by atoms with van der Waals surface area (Å²) in [6.07, 6.45) is 1.19. The minimum atomic E-state index is -0.356. The van der Waals surface area contributed by atoms with E-state index < -0.39 is 0 Å². The van der Waals surface area contributed by atoms with Crippen LogP contribution in [0.2, 0.25) is 0 Å². The zero-order chi connectivity index (χ0) is 21.4. The highest BCUT2D eigenvalue weighted by atomic mass is 16.7. The van der Waals surface area contributed by atoms with Gasteiger partial charge in [-0.25, -0.2) is 4.90 Å². The van der Waals surface area contributed by atoms with Crippen molar-refractivity contribution in [3.05, 3.63) is 53.6 Å². The number of ether oxygens (including phenoxy) is 2. The largest absolute Gasteiger partial charge is 0.454 e. The van der Waals surface area contributed by atoms with Crippen LogP contribution in [0.25, 0.3) is 0 Å². The fourth-order valence-corrected chi connectivity index (χ4v) is 4.58. The van der Waals surface area contributed by atoms with Crippen molar-refractivity contribution in [1.82, 2.24) is 9.80 Å². The molecule has 0 N–H and O–H groups in total. The molecule has 2 aromatic rings. The van der Waals surface area contributed by atoms with E-state index in [1.807, 2.05) is 36.4 Å². The highest BCUT2D eigenvalue weighted by molar-refractivity contribution is 6.22. The molecule has 7 heteroatoms. The summed E-state index contributed by atoms with van der Waals surface area (Å²) in [5, 5.41) is 0. The first-order valence-corrected chi connectivity index (χ1v) is 10.9. The Morgan fingerprint density at radius 3 is 2.35 bits per heavy atom. The van der Waals surface area contributed by atoms with Crippen LogP contribution < -0.4 is 14.4 Å². The van der Waals surface area contributed by atoms with E-state index in [0.717, 1.165) is 50.6 Å². The van der Waals surface area contributed by atoms with E-state index >= 15 is 0 Å². The van der Waals surface area contributed by atoms with Gasteiger partial charge in [0.25, 0.3) is 5.91 Å². The lowest BCUT2D eigenvalue weighted by Crippen LogP contribution is -2.52. The van der Waals surface area contributed by atoms with E-state index in [-0.39, 0.29) is 31.1 Å². The predicted molar refractivity (Wildman–Crippen MR) is 116 cm³/mol. The third-order valence-corrected chi connectivity index (χ3v) is 6.42. The average Bonchev–Trinajstić information content (AvgIpc) is 3.38. The second-order valence-electron chi connectivity index (χ2n) is 8.31. The molecule has 0 unspecified atom stereocenters. The molecule has 2 amide bonds. The van der Waals surface area contributed by atoms with Gasteiger partial charge in [-0.15, -0.1) is 0 Å². The quantitative estimate of drug-likeness (QED) is 0.691. The first-order chi connectivity index (χ1) is 15.1. The molecule has 162 valence electrons. The molecular formula is C24H27N3O4. The van der Waals surface area contributed by atoms with E-state index in [0.29, 0.717) is 5.69 Å². The number of anilines is 1. The molecule has 1 atom stereocenters. The Morgan fingerprint density at radius 1 is 0.903 bits per heavy atom. The molecule has 0 saturated carbocycles. The molecule has 7 nitrogen and oxygen atoms in total. The molecule has 2 aromatic carbocycles. The van der Waals surface area contributed by atoms with Gasteiger partial charge in [0.2, 0.25) is 12.7 Å². The van der Waals surface area contributed by atoms with Crippen molar-refractivity contribution in [2.75, 3.05) is 37.9 Å². The molecule has 2 fully saturated rings. The summed E-state index contributed by atoms with van der Waals surface area (Å²) in [5.41, 5.74) is 3.06. The van der Waals surface area contributed by atoms with Gasteiger partial charge < -0.3 is 9.47 Å². The number of hydrogen-bond acceptors (Lipinski definition) is 6. The lowest BCUT2D eigenvalue weighted by atomic mass is 10.1. The van der Waals surface area contributed by atoms with Crippen LogP contribution in [0.4, 0.5) is 5.69 Å². The van der Waals surface area contributed by atoms with Gasteiger partial charge in [0.05, 0.1) is 18.2 Å². The van der Waals surface area contributed by atoms with Crippen molar-refractivity contribution in [2.24, 2.45) is 0 Å². The van der Waals surface area contributed by atoms with Crippen LogP contribution >= 0.6 is 0 Å². The number of hydrogen-bond donors (Lipinski definition) is 0. The number of nitrogens with zero attached hydrogens (tertiary/aromatic N) is 3. The summed E-state index contributed by atoms with van der Waals surface area (Å²) < 4.78 is 10.9. The number of rotatable bonds is 5. The van der Waals surface area contributed by atoms with Crippen LogP contribution in [-0.2, 0) is 22.6 Å². The van der Waals surface area contributed by atoms with Gasteiger partial charge >= 0.3 is 0 Å². The first kappa shape index (κ1) is 20.0. The summed E-state index contributed by atoms with van der Waals surface area (Å²) in [5.74, 6) is 1.39. The smallest absolute Gasteiger partial charge is 0.251 e. The van der Waals surface area contributed by atoms with Crippen molar-refractivity contribution < 1.29 is 19.1 Å². The highest BCUT2D eigenvalue weighted by Gasteiger charge is 2.43. The maximum atomic E-state index is 13.1. The SMILES string of the molecule is CCc1ccc(N2C(=O)C[C@@H](N3CCN(Cc4ccc5c(c4)OCO5)CC3)C2=O)cc1. The Balaban J connectivity index is 1.19. The number of benzene rings is 2. The standard InChI is InChI=1S/C24H27N3O4/c1-2-17-3-6-19(7-4-17)27-23(28)14-20(24(27)29)26-11-9-25(10-12-26)15-18-5-8-21-22(13-18)31-16-30-21/h3-8,13,20H,2,9-12,14-16H2,1H3/t20-/m1/s1. The molecule has 0 bridgehead atoms. The topological polar surface area (TPSA) is 62.3 Å². The normalized spacial score (nSPS) is 21.8. The van der Waals surface area contributed by atoms with Crippen molar-refractivity contribution in [3.63, 3.8) is 0 Å². The Bertz CT molecular complexity index is 983. The molecule has 31 heavy (non-hydrogen) atoms. The molecule has 2 saturated heterocycles. The second-order valence-corrected chi connectivity index (χ2v) is 8.31. The summed E-state index contributed by atoms with van der Waals surface area (Å²) in [6, 6.07) is 13.4. The maximum Gasteiger partial charge on any atom is 0.251 e. The molecule has 3 heterocycles. The van der Waals surface area contributed by atoms with E-state index in [1.54, 1.807) is 0 Å². The number of carbonyl (C=O) groups is 2. The summed E-state index contributed by atoms with van der Waals surface area (Å²) in [4.78, 5) is 31.6. The maximum absolute atomic E-state index is 13.1. The minimum absolute atomic E-state index is 0.0986. The van der Waals surface area contributed by atoms with Gasteiger partial charge in [0.1, 0.15) is 0 Å². The molecule has 5 rings (SSSR count). The van der Waals surface area contributed by atoms with Gasteiger partial charge in [0, 0.05) is 32.7 Å². The zero-order valence-electron chi connectivity index (χ0n) is 17.8. The van der Waals surface area contributed by atoms with Crippen LogP contribution in [0.15, 0.2) is 42.5 Å². The van der Waals surface area contributed by atoms with Crippen LogP contribution in [0, 0.1) is 0 Å². The fourth-order valence-electron chi connectivity index (χ4n) is 4.58. The van der Waals surface area contributed by atoms with Crippen LogP contribution in [0.1, 0.15) is 24.5 Å². The van der Waals surface area contributed by atoms with Gasteiger partial charge in [-0.1, -0.05) is 25.1 Å². The number of imide groups is 1. The van der Waals surface area contributed by atoms with Crippen molar-refractivity contribution >= 4 is 17.5 Å².